The van der Waals surface area contributed by atoms with Crippen molar-refractivity contribution < 1.29 is 24.2 Å². The predicted molar refractivity (Wildman–Crippen MR) is 117 cm³/mol. The first-order valence-corrected chi connectivity index (χ1v) is 10.9. The third kappa shape index (κ3) is 4.93. The molecule has 0 bridgehead atoms. The standard InChI is InChI=1S/C21H25N9O4/c1-29(14-8-3-2-4-9-14)12-16-17(24-28-30(16)19-18(22)26-34-27-19)20(31)25-23-11-13-7-5-6-10-15(13)21(32)33/h5-7,10-11,14H,2-4,8-9,12H2,1H3,(H2,22,26)(H,25,31)(H,32,33). The van der Waals surface area contributed by atoms with Crippen molar-refractivity contribution >= 4 is 23.9 Å². The molecule has 1 fully saturated rings. The Hall–Kier alpha value is -4.13. The average molecular weight is 467 g/mol. The van der Waals surface area contributed by atoms with Crippen LogP contribution in [0, 0.1) is 0 Å². The zero-order valence-electron chi connectivity index (χ0n) is 18.6. The molecule has 0 spiro atoms. The van der Waals surface area contributed by atoms with Crippen LogP contribution in [0.2, 0.25) is 0 Å². The molecule has 1 amide bonds. The van der Waals surface area contributed by atoms with Crippen LogP contribution in [0.25, 0.3) is 5.82 Å². The van der Waals surface area contributed by atoms with Gasteiger partial charge in [-0.2, -0.15) is 9.78 Å². The van der Waals surface area contributed by atoms with Crippen molar-refractivity contribution in [1.29, 1.82) is 0 Å². The summed E-state index contributed by atoms with van der Waals surface area (Å²) in [6, 6.07) is 6.61. The molecule has 3 aromatic rings. The van der Waals surface area contributed by atoms with Gasteiger partial charge in [-0.3, -0.25) is 4.79 Å². The summed E-state index contributed by atoms with van der Waals surface area (Å²) in [5.41, 5.74) is 8.99. The minimum atomic E-state index is -1.34. The topological polar surface area (TPSA) is 182 Å². The molecule has 1 aliphatic rings. The number of nitrogens with two attached hydrogens (primary N) is 1. The van der Waals surface area contributed by atoms with Gasteiger partial charge in [-0.25, -0.2) is 10.1 Å². The number of nitrogens with one attached hydrogen (secondary N) is 2. The molecule has 0 aliphatic heterocycles. The Morgan fingerprint density at radius 3 is 2.76 bits per heavy atom. The molecule has 2 aromatic heterocycles. The number of hydrazone groups is 1. The highest BCUT2D eigenvalue weighted by atomic mass is 16.6. The number of anilines is 1. The Morgan fingerprint density at radius 1 is 1.29 bits per heavy atom. The Morgan fingerprint density at radius 2 is 2.06 bits per heavy atom. The van der Waals surface area contributed by atoms with E-state index in [9.17, 15) is 14.7 Å². The third-order valence-corrected chi connectivity index (χ3v) is 5.97. The molecular weight excluding hydrogens is 442 g/mol. The minimum absolute atomic E-state index is 0.0188. The summed E-state index contributed by atoms with van der Waals surface area (Å²) < 4.78 is 6.04. The molecule has 1 saturated carbocycles. The highest BCUT2D eigenvalue weighted by Crippen LogP contribution is 2.18. The summed E-state index contributed by atoms with van der Waals surface area (Å²) in [5.74, 6) is -1.80. The number of aromatic carboxylic acids is 1. The number of carbonyl (C=O) groups is 2. The first kappa shape index (κ1) is 23.0. The second-order valence-corrected chi connectivity index (χ2v) is 8.20. The van der Waals surface area contributed by atoms with Gasteiger partial charge < -0.3 is 20.5 Å². The molecule has 1 aliphatic carbocycles. The number of aromatic nitrogens is 5. The summed E-state index contributed by atoms with van der Waals surface area (Å²) in [6.45, 7) is 0.434. The lowest BCUT2D eigenvalue weighted by Crippen LogP contribution is -3.11. The molecule has 34 heavy (non-hydrogen) atoms. The Balaban J connectivity index is 1.58. The van der Waals surface area contributed by atoms with Crippen LogP contribution < -0.4 is 21.2 Å². The van der Waals surface area contributed by atoms with Crippen LogP contribution >= 0.6 is 0 Å². The summed E-state index contributed by atoms with van der Waals surface area (Å²) in [5, 5.41) is 30.6. The number of rotatable bonds is 8. The fourth-order valence-corrected chi connectivity index (χ4v) is 4.16. The summed E-state index contributed by atoms with van der Waals surface area (Å²) in [4.78, 5) is 25.4. The van der Waals surface area contributed by atoms with E-state index in [2.05, 4.69) is 38.2 Å². The molecule has 1 atom stereocenters. The smallest absolute Gasteiger partial charge is 0.294 e. The highest BCUT2D eigenvalue weighted by Gasteiger charge is 2.29. The van der Waals surface area contributed by atoms with E-state index in [0.717, 1.165) is 12.8 Å². The fourth-order valence-electron chi connectivity index (χ4n) is 4.16. The zero-order valence-corrected chi connectivity index (χ0v) is 18.6. The van der Waals surface area contributed by atoms with Gasteiger partial charge in [0, 0.05) is 11.1 Å². The van der Waals surface area contributed by atoms with E-state index in [-0.39, 0.29) is 28.5 Å². The van der Waals surface area contributed by atoms with Crippen molar-refractivity contribution in [3.63, 3.8) is 0 Å². The van der Waals surface area contributed by atoms with Crippen LogP contribution in [0.1, 0.15) is 64.2 Å². The maximum Gasteiger partial charge on any atom is 0.294 e. The molecule has 178 valence electrons. The monoisotopic (exact) mass is 467 g/mol. The van der Waals surface area contributed by atoms with E-state index >= 15 is 0 Å². The fraction of sp³-hybridized carbons (Fsp3) is 0.381. The Kier molecular flexibility index (Phi) is 6.92. The van der Waals surface area contributed by atoms with Crippen LogP contribution in [-0.4, -0.2) is 56.5 Å². The van der Waals surface area contributed by atoms with Gasteiger partial charge in [-0.05, 0) is 36.0 Å². The molecule has 13 nitrogen and oxygen atoms in total. The van der Waals surface area contributed by atoms with E-state index in [0.29, 0.717) is 18.3 Å². The minimum Gasteiger partial charge on any atom is -0.545 e. The first-order valence-electron chi connectivity index (χ1n) is 10.9. The largest absolute Gasteiger partial charge is 0.545 e. The van der Waals surface area contributed by atoms with Crippen LogP contribution in [0.3, 0.4) is 0 Å². The average Bonchev–Trinajstić information content (AvgIpc) is 3.45. The first-order chi connectivity index (χ1) is 16.5. The van der Waals surface area contributed by atoms with Crippen molar-refractivity contribution in [3.8, 4) is 5.82 Å². The zero-order chi connectivity index (χ0) is 24.1. The van der Waals surface area contributed by atoms with Crippen molar-refractivity contribution in [1.82, 2.24) is 30.7 Å². The van der Waals surface area contributed by atoms with Crippen LogP contribution in [0.4, 0.5) is 5.82 Å². The van der Waals surface area contributed by atoms with Gasteiger partial charge in [-0.15, -0.1) is 5.10 Å². The maximum absolute atomic E-state index is 12.9. The van der Waals surface area contributed by atoms with Crippen LogP contribution in [0.15, 0.2) is 34.0 Å². The van der Waals surface area contributed by atoms with Gasteiger partial charge in [0.2, 0.25) is 11.6 Å². The molecule has 4 rings (SSSR count). The normalized spacial score (nSPS) is 15.4. The number of nitrogen functional groups attached to an aromatic ring is 1. The van der Waals surface area contributed by atoms with Crippen molar-refractivity contribution in [2.75, 3.05) is 12.8 Å². The number of quaternary nitrogens is 1. The molecule has 4 N–H and O–H groups in total. The molecular formula is C21H25N9O4. The Bertz CT molecular complexity index is 1200. The lowest BCUT2D eigenvalue weighted by molar-refractivity contribution is -0.921. The second kappa shape index (κ2) is 10.2. The van der Waals surface area contributed by atoms with E-state index in [4.69, 9.17) is 10.4 Å². The van der Waals surface area contributed by atoms with E-state index < -0.39 is 11.9 Å². The summed E-state index contributed by atoms with van der Waals surface area (Å²) in [7, 11) is 2.06. The van der Waals surface area contributed by atoms with Gasteiger partial charge in [0.05, 0.1) is 25.3 Å². The van der Waals surface area contributed by atoms with Crippen LogP contribution in [-0.2, 0) is 6.54 Å². The Labute approximate surface area is 194 Å². The second-order valence-electron chi connectivity index (χ2n) is 8.20. The van der Waals surface area contributed by atoms with Gasteiger partial charge in [0.1, 0.15) is 12.2 Å². The summed E-state index contributed by atoms with van der Waals surface area (Å²) in [6.07, 6.45) is 7.02. The van der Waals surface area contributed by atoms with Crippen molar-refractivity contribution in [2.24, 2.45) is 5.10 Å². The number of carboxylic acids is 1. The molecule has 1 unspecified atom stereocenters. The SMILES string of the molecule is C[NH+](Cc1c(C(=O)NN=Cc2ccccc2C(=O)[O-])nnn1-c1nonc1N)C1CCCCC1. The lowest BCUT2D eigenvalue weighted by Gasteiger charge is -2.28. The number of amides is 1. The number of nitrogens with zero attached hydrogens (tertiary/aromatic N) is 6. The van der Waals surface area contributed by atoms with E-state index in [1.54, 1.807) is 18.2 Å². The molecule has 0 saturated heterocycles. The van der Waals surface area contributed by atoms with Crippen molar-refractivity contribution in [2.45, 2.75) is 44.7 Å². The van der Waals surface area contributed by atoms with Gasteiger partial charge >= 0.3 is 0 Å². The molecule has 13 heteroatoms. The van der Waals surface area contributed by atoms with Crippen molar-refractivity contribution in [3.05, 3.63) is 46.8 Å². The van der Waals surface area contributed by atoms with Gasteiger partial charge in [0.25, 0.3) is 5.91 Å². The molecule has 0 radical (unpaired) electrons. The van der Waals surface area contributed by atoms with E-state index in [1.807, 2.05) is 0 Å². The maximum atomic E-state index is 12.9. The quantitative estimate of drug-likeness (QED) is 0.268. The number of hydrogen-bond donors (Lipinski definition) is 3. The number of carboxylic acid groups (broad SMARTS) is 1. The van der Waals surface area contributed by atoms with E-state index in [1.165, 1.54) is 41.1 Å². The van der Waals surface area contributed by atoms with Gasteiger partial charge in [-0.1, -0.05) is 35.9 Å². The predicted octanol–water partition coefficient (Wildman–Crippen LogP) is -1.29. The lowest BCUT2D eigenvalue weighted by atomic mass is 9.94. The number of hydrogen-bond acceptors (Lipinski definition) is 10. The number of carbonyl (C=O) groups excluding carboxylic acids is 2. The molecule has 2 heterocycles. The highest BCUT2D eigenvalue weighted by molar-refractivity contribution is 5.98. The molecule has 1 aromatic carbocycles. The van der Waals surface area contributed by atoms with Crippen LogP contribution in [0.5, 0.6) is 0 Å². The summed E-state index contributed by atoms with van der Waals surface area (Å²) >= 11 is 0. The van der Waals surface area contributed by atoms with Gasteiger partial charge in [0.15, 0.2) is 5.69 Å². The third-order valence-electron chi connectivity index (χ3n) is 5.97. The number of benzene rings is 1.